The van der Waals surface area contributed by atoms with Gasteiger partial charge in [0.2, 0.25) is 0 Å². The van der Waals surface area contributed by atoms with Crippen molar-refractivity contribution in [3.05, 3.63) is 63.0 Å². The van der Waals surface area contributed by atoms with Gasteiger partial charge in [-0.15, -0.1) is 0 Å². The molecular weight excluding hydrogens is 446 g/mol. The van der Waals surface area contributed by atoms with Crippen molar-refractivity contribution in [3.8, 4) is 34.2 Å². The highest BCUT2D eigenvalue weighted by atomic mass is 79.9. The zero-order chi connectivity index (χ0) is 18.0. The molecule has 3 aromatic rings. The van der Waals surface area contributed by atoms with Gasteiger partial charge in [0.15, 0.2) is 0 Å². The van der Waals surface area contributed by atoms with Crippen LogP contribution in [0.3, 0.4) is 0 Å². The maximum atomic E-state index is 9.53. The number of halogens is 2. The van der Waals surface area contributed by atoms with E-state index in [0.29, 0.717) is 11.3 Å². The van der Waals surface area contributed by atoms with E-state index in [1.165, 1.54) is 0 Å². The summed E-state index contributed by atoms with van der Waals surface area (Å²) in [5, 5.41) is 9.53. The zero-order valence-corrected chi connectivity index (χ0v) is 16.4. The Hall–Kier alpha value is -2.36. The molecule has 0 bridgehead atoms. The Bertz CT molecular complexity index is 996. The standard InChI is InChI=1S/C19H13Br2N3O/c1-25-18-7-6-11(8-16(18)21)13-9-17(24-19(23)14(13)10-22)12-4-2-3-5-15(12)20/h2-9H,1H3,(H2,23,24). The molecule has 0 atom stereocenters. The molecular formula is C19H13Br2N3O. The van der Waals surface area contributed by atoms with Gasteiger partial charge in [-0.05, 0) is 45.8 Å². The summed E-state index contributed by atoms with van der Waals surface area (Å²) < 4.78 is 6.98. The number of hydrogen-bond acceptors (Lipinski definition) is 4. The molecule has 3 rings (SSSR count). The summed E-state index contributed by atoms with van der Waals surface area (Å²) in [6, 6.07) is 17.4. The Labute approximate surface area is 162 Å². The molecule has 0 aliphatic carbocycles. The maximum Gasteiger partial charge on any atom is 0.142 e. The summed E-state index contributed by atoms with van der Waals surface area (Å²) in [6.45, 7) is 0. The minimum absolute atomic E-state index is 0.206. The predicted octanol–water partition coefficient (Wildman–Crippen LogP) is 5.40. The second kappa shape index (κ2) is 7.26. The first-order valence-corrected chi connectivity index (χ1v) is 8.93. The molecule has 1 aromatic heterocycles. The zero-order valence-electron chi connectivity index (χ0n) is 13.3. The van der Waals surface area contributed by atoms with E-state index >= 15 is 0 Å². The minimum atomic E-state index is 0.206. The highest BCUT2D eigenvalue weighted by molar-refractivity contribution is 9.11. The van der Waals surface area contributed by atoms with Crippen LogP contribution in [0, 0.1) is 11.3 Å². The van der Waals surface area contributed by atoms with Gasteiger partial charge in [0.25, 0.3) is 0 Å². The quantitative estimate of drug-likeness (QED) is 0.570. The van der Waals surface area contributed by atoms with Crippen LogP contribution in [-0.4, -0.2) is 12.1 Å². The first-order chi connectivity index (χ1) is 12.0. The van der Waals surface area contributed by atoms with Crippen molar-refractivity contribution in [2.75, 3.05) is 12.8 Å². The summed E-state index contributed by atoms with van der Waals surface area (Å²) in [6.07, 6.45) is 0. The van der Waals surface area contributed by atoms with Gasteiger partial charge >= 0.3 is 0 Å². The molecule has 0 amide bonds. The van der Waals surface area contributed by atoms with Crippen LogP contribution in [0.1, 0.15) is 5.56 Å². The first-order valence-electron chi connectivity index (χ1n) is 7.34. The Kier molecular flexibility index (Phi) is 5.07. The third kappa shape index (κ3) is 3.39. The molecule has 1 heterocycles. The topological polar surface area (TPSA) is 71.9 Å². The second-order valence-corrected chi connectivity index (χ2v) is 6.96. The van der Waals surface area contributed by atoms with Crippen LogP contribution < -0.4 is 10.5 Å². The van der Waals surface area contributed by atoms with E-state index in [4.69, 9.17) is 10.5 Å². The van der Waals surface area contributed by atoms with Crippen LogP contribution >= 0.6 is 31.9 Å². The number of hydrogen-bond donors (Lipinski definition) is 1. The van der Waals surface area contributed by atoms with E-state index in [1.54, 1.807) is 7.11 Å². The van der Waals surface area contributed by atoms with Gasteiger partial charge in [-0.25, -0.2) is 4.98 Å². The normalized spacial score (nSPS) is 10.3. The number of methoxy groups -OCH3 is 1. The highest BCUT2D eigenvalue weighted by Gasteiger charge is 2.15. The molecule has 2 N–H and O–H groups in total. The maximum absolute atomic E-state index is 9.53. The number of ether oxygens (including phenoxy) is 1. The van der Waals surface area contributed by atoms with Gasteiger partial charge in [0.1, 0.15) is 23.2 Å². The fourth-order valence-corrected chi connectivity index (χ4v) is 3.58. The van der Waals surface area contributed by atoms with Crippen LogP contribution in [0.5, 0.6) is 5.75 Å². The smallest absolute Gasteiger partial charge is 0.142 e. The monoisotopic (exact) mass is 457 g/mol. The van der Waals surface area contributed by atoms with Crippen molar-refractivity contribution in [1.29, 1.82) is 5.26 Å². The number of benzene rings is 2. The van der Waals surface area contributed by atoms with E-state index in [1.807, 2.05) is 48.5 Å². The van der Waals surface area contributed by atoms with Gasteiger partial charge in [0.05, 0.1) is 17.3 Å². The molecule has 0 aliphatic heterocycles. The van der Waals surface area contributed by atoms with Crippen LogP contribution in [0.2, 0.25) is 0 Å². The molecule has 0 spiro atoms. The summed E-state index contributed by atoms with van der Waals surface area (Å²) in [5.41, 5.74) is 9.61. The van der Waals surface area contributed by atoms with E-state index in [0.717, 1.165) is 31.4 Å². The van der Waals surface area contributed by atoms with E-state index in [2.05, 4.69) is 42.9 Å². The van der Waals surface area contributed by atoms with E-state index in [-0.39, 0.29) is 5.82 Å². The average Bonchev–Trinajstić information content (AvgIpc) is 2.61. The number of nitrogen functional groups attached to an aromatic ring is 1. The summed E-state index contributed by atoms with van der Waals surface area (Å²) in [4.78, 5) is 4.41. The van der Waals surface area contributed by atoms with E-state index < -0.39 is 0 Å². The van der Waals surface area contributed by atoms with Crippen molar-refractivity contribution < 1.29 is 4.74 Å². The average molecular weight is 459 g/mol. The number of rotatable bonds is 3. The van der Waals surface area contributed by atoms with Gasteiger partial charge in [-0.2, -0.15) is 5.26 Å². The van der Waals surface area contributed by atoms with Gasteiger partial charge in [-0.3, -0.25) is 0 Å². The lowest BCUT2D eigenvalue weighted by atomic mass is 9.98. The van der Waals surface area contributed by atoms with Crippen molar-refractivity contribution in [2.24, 2.45) is 0 Å². The van der Waals surface area contributed by atoms with Gasteiger partial charge in [0, 0.05) is 15.6 Å². The number of pyridine rings is 1. The molecule has 2 aromatic carbocycles. The first kappa shape index (κ1) is 17.5. The second-order valence-electron chi connectivity index (χ2n) is 5.26. The number of nitriles is 1. The van der Waals surface area contributed by atoms with Crippen LogP contribution in [0.4, 0.5) is 5.82 Å². The van der Waals surface area contributed by atoms with E-state index in [9.17, 15) is 5.26 Å². The Balaban J connectivity index is 2.24. The minimum Gasteiger partial charge on any atom is -0.496 e. The largest absolute Gasteiger partial charge is 0.496 e. The molecule has 0 saturated heterocycles. The number of nitrogens with two attached hydrogens (primary N) is 1. The number of aromatic nitrogens is 1. The molecule has 0 saturated carbocycles. The van der Waals surface area contributed by atoms with Crippen LogP contribution in [0.15, 0.2) is 57.5 Å². The Morgan fingerprint density at radius 1 is 1.04 bits per heavy atom. The Morgan fingerprint density at radius 2 is 1.80 bits per heavy atom. The van der Waals surface area contributed by atoms with Gasteiger partial charge < -0.3 is 10.5 Å². The SMILES string of the molecule is COc1ccc(-c2cc(-c3ccccc3Br)nc(N)c2C#N)cc1Br. The third-order valence-corrected chi connectivity index (χ3v) is 5.08. The molecule has 0 unspecified atom stereocenters. The number of anilines is 1. The molecule has 25 heavy (non-hydrogen) atoms. The lowest BCUT2D eigenvalue weighted by Crippen LogP contribution is -2.00. The molecule has 0 aliphatic rings. The Morgan fingerprint density at radius 3 is 2.44 bits per heavy atom. The van der Waals surface area contributed by atoms with Crippen molar-refractivity contribution in [1.82, 2.24) is 4.98 Å². The summed E-state index contributed by atoms with van der Waals surface area (Å²) in [5.74, 6) is 0.924. The third-order valence-electron chi connectivity index (χ3n) is 3.77. The fraction of sp³-hybridized carbons (Fsp3) is 0.0526. The van der Waals surface area contributed by atoms with Crippen molar-refractivity contribution >= 4 is 37.7 Å². The molecule has 4 nitrogen and oxygen atoms in total. The van der Waals surface area contributed by atoms with Crippen molar-refractivity contribution in [3.63, 3.8) is 0 Å². The van der Waals surface area contributed by atoms with Crippen LogP contribution in [0.25, 0.3) is 22.4 Å². The molecule has 0 radical (unpaired) electrons. The lowest BCUT2D eigenvalue weighted by molar-refractivity contribution is 0.412. The van der Waals surface area contributed by atoms with Crippen LogP contribution in [-0.2, 0) is 0 Å². The number of nitrogens with zero attached hydrogens (tertiary/aromatic N) is 2. The van der Waals surface area contributed by atoms with Gasteiger partial charge in [-0.1, -0.05) is 40.2 Å². The lowest BCUT2D eigenvalue weighted by Gasteiger charge is -2.12. The summed E-state index contributed by atoms with van der Waals surface area (Å²) in [7, 11) is 1.61. The molecule has 6 heteroatoms. The molecule has 124 valence electrons. The highest BCUT2D eigenvalue weighted by Crippen LogP contribution is 2.36. The predicted molar refractivity (Wildman–Crippen MR) is 106 cm³/mol. The fourth-order valence-electron chi connectivity index (χ4n) is 2.55. The molecule has 0 fully saturated rings. The van der Waals surface area contributed by atoms with Crippen molar-refractivity contribution in [2.45, 2.75) is 0 Å². The summed E-state index contributed by atoms with van der Waals surface area (Å²) >= 11 is 7.02.